The van der Waals surface area contributed by atoms with Crippen LogP contribution in [0.2, 0.25) is 0 Å². The molecule has 0 saturated carbocycles. The van der Waals surface area contributed by atoms with E-state index in [4.69, 9.17) is 18.3 Å². The van der Waals surface area contributed by atoms with Crippen LogP contribution in [0.25, 0.3) is 22.2 Å². The summed E-state index contributed by atoms with van der Waals surface area (Å²) in [5.41, 5.74) is 0.766. The number of halogens is 1. The van der Waals surface area contributed by atoms with Crippen molar-refractivity contribution in [1.82, 2.24) is 20.4 Å². The van der Waals surface area contributed by atoms with Crippen LogP contribution in [0.1, 0.15) is 5.89 Å². The lowest BCUT2D eigenvalue weighted by Crippen LogP contribution is -1.92. The van der Waals surface area contributed by atoms with Crippen molar-refractivity contribution in [3.8, 4) is 33.7 Å². The van der Waals surface area contributed by atoms with Gasteiger partial charge >= 0.3 is 0 Å². The highest BCUT2D eigenvalue weighted by atomic mass is 79.9. The number of aromatic nitrogens is 4. The molecule has 3 aromatic heterocycles. The van der Waals surface area contributed by atoms with Crippen molar-refractivity contribution in [2.75, 3.05) is 6.79 Å². The molecule has 5 rings (SSSR count). The number of thiophene rings is 1. The highest BCUT2D eigenvalue weighted by Gasteiger charge is 2.17. The molecule has 0 atom stereocenters. The number of thioether (sulfide) groups is 1. The summed E-state index contributed by atoms with van der Waals surface area (Å²) in [7, 11) is 0. The van der Waals surface area contributed by atoms with E-state index in [0.717, 1.165) is 14.2 Å². The zero-order chi connectivity index (χ0) is 18.2. The first-order valence-electron chi connectivity index (χ1n) is 7.69. The van der Waals surface area contributed by atoms with E-state index in [1.807, 2.05) is 30.3 Å². The lowest BCUT2D eigenvalue weighted by atomic mass is 10.2. The second-order valence-electron chi connectivity index (χ2n) is 5.33. The van der Waals surface area contributed by atoms with E-state index >= 15 is 0 Å². The Labute approximate surface area is 169 Å². The molecular formula is C16H9BrN4O4S2. The second-order valence-corrected chi connectivity index (χ2v) is 8.72. The Morgan fingerprint density at radius 1 is 0.963 bits per heavy atom. The van der Waals surface area contributed by atoms with Gasteiger partial charge in [-0.3, -0.25) is 0 Å². The lowest BCUT2D eigenvalue weighted by molar-refractivity contribution is 0.174. The van der Waals surface area contributed by atoms with Crippen LogP contribution in [0.3, 0.4) is 0 Å². The first-order valence-corrected chi connectivity index (χ1v) is 10.3. The first-order chi connectivity index (χ1) is 13.2. The summed E-state index contributed by atoms with van der Waals surface area (Å²) in [6.45, 7) is 0.221. The van der Waals surface area contributed by atoms with Gasteiger partial charge in [-0.1, -0.05) is 11.8 Å². The van der Waals surface area contributed by atoms with Gasteiger partial charge in [0.25, 0.3) is 11.1 Å². The molecular weight excluding hydrogens is 456 g/mol. The van der Waals surface area contributed by atoms with Crippen molar-refractivity contribution >= 4 is 39.0 Å². The predicted octanol–water partition coefficient (Wildman–Crippen LogP) is 4.63. The molecule has 27 heavy (non-hydrogen) atoms. The molecule has 0 N–H and O–H groups in total. The van der Waals surface area contributed by atoms with E-state index in [-0.39, 0.29) is 6.79 Å². The van der Waals surface area contributed by atoms with Gasteiger partial charge < -0.3 is 18.3 Å². The first kappa shape index (κ1) is 16.8. The van der Waals surface area contributed by atoms with Gasteiger partial charge in [0, 0.05) is 5.56 Å². The number of ether oxygens (including phenoxy) is 2. The third kappa shape index (κ3) is 3.45. The molecule has 136 valence electrons. The predicted molar refractivity (Wildman–Crippen MR) is 101 cm³/mol. The second kappa shape index (κ2) is 6.98. The summed E-state index contributed by atoms with van der Waals surface area (Å²) < 4.78 is 23.0. The van der Waals surface area contributed by atoms with Gasteiger partial charge in [0.15, 0.2) is 11.5 Å². The number of hydrogen-bond donors (Lipinski definition) is 0. The van der Waals surface area contributed by atoms with Gasteiger partial charge in [-0.25, -0.2) is 0 Å². The van der Waals surface area contributed by atoms with Crippen molar-refractivity contribution in [2.45, 2.75) is 11.0 Å². The van der Waals surface area contributed by atoms with Crippen molar-refractivity contribution in [3.05, 3.63) is 40.0 Å². The van der Waals surface area contributed by atoms with Crippen LogP contribution in [0.5, 0.6) is 11.5 Å². The third-order valence-corrected chi connectivity index (χ3v) is 6.01. The van der Waals surface area contributed by atoms with Crippen LogP contribution in [0, 0.1) is 0 Å². The molecule has 0 aliphatic carbocycles. The van der Waals surface area contributed by atoms with E-state index in [1.54, 1.807) is 0 Å². The zero-order valence-electron chi connectivity index (χ0n) is 13.4. The summed E-state index contributed by atoms with van der Waals surface area (Å²) in [6.07, 6.45) is 0. The van der Waals surface area contributed by atoms with Crippen molar-refractivity contribution in [1.29, 1.82) is 0 Å². The SMILES string of the molecule is Brc1ccc(-c2nnc(CSc3nnc(-c4ccc5c(c4)OCO5)o3)o2)s1. The molecule has 1 aliphatic heterocycles. The smallest absolute Gasteiger partial charge is 0.277 e. The Hall–Kier alpha value is -2.37. The van der Waals surface area contributed by atoms with Gasteiger partial charge in [0.05, 0.1) is 14.4 Å². The Morgan fingerprint density at radius 2 is 1.85 bits per heavy atom. The largest absolute Gasteiger partial charge is 0.454 e. The molecule has 0 saturated heterocycles. The normalized spacial score (nSPS) is 12.6. The minimum Gasteiger partial charge on any atom is -0.454 e. The Kier molecular flexibility index (Phi) is 4.34. The van der Waals surface area contributed by atoms with Crippen LogP contribution in [-0.4, -0.2) is 27.2 Å². The van der Waals surface area contributed by atoms with Crippen molar-refractivity contribution in [2.24, 2.45) is 0 Å². The molecule has 0 radical (unpaired) electrons. The molecule has 0 spiro atoms. The molecule has 0 amide bonds. The fourth-order valence-electron chi connectivity index (χ4n) is 2.38. The number of nitrogens with zero attached hydrogens (tertiary/aromatic N) is 4. The maximum atomic E-state index is 5.70. The molecule has 8 nitrogen and oxygen atoms in total. The summed E-state index contributed by atoms with van der Waals surface area (Å²) in [5, 5.41) is 16.7. The maximum absolute atomic E-state index is 5.70. The minimum atomic E-state index is 0.221. The van der Waals surface area contributed by atoms with Crippen LogP contribution in [-0.2, 0) is 5.75 Å². The quantitative estimate of drug-likeness (QED) is 0.391. The summed E-state index contributed by atoms with van der Waals surface area (Å²) in [6, 6.07) is 9.34. The molecule has 1 aliphatic rings. The average molecular weight is 465 g/mol. The van der Waals surface area contributed by atoms with Gasteiger partial charge in [-0.15, -0.1) is 31.7 Å². The van der Waals surface area contributed by atoms with Crippen LogP contribution in [0.15, 0.2) is 48.2 Å². The van der Waals surface area contributed by atoms with Crippen molar-refractivity contribution in [3.63, 3.8) is 0 Å². The monoisotopic (exact) mass is 464 g/mol. The Bertz CT molecular complexity index is 1110. The number of rotatable bonds is 5. The van der Waals surface area contributed by atoms with Gasteiger partial charge in [0.1, 0.15) is 0 Å². The maximum Gasteiger partial charge on any atom is 0.277 e. The third-order valence-electron chi connectivity index (χ3n) is 3.60. The summed E-state index contributed by atoms with van der Waals surface area (Å²) in [4.78, 5) is 0.911. The highest BCUT2D eigenvalue weighted by Crippen LogP contribution is 2.36. The van der Waals surface area contributed by atoms with E-state index in [1.165, 1.54) is 23.1 Å². The van der Waals surface area contributed by atoms with Gasteiger partial charge in [-0.05, 0) is 46.3 Å². The minimum absolute atomic E-state index is 0.221. The number of benzene rings is 1. The van der Waals surface area contributed by atoms with Crippen LogP contribution in [0.4, 0.5) is 0 Å². The van der Waals surface area contributed by atoms with E-state index in [2.05, 4.69) is 36.3 Å². The molecule has 11 heteroatoms. The summed E-state index contributed by atoms with van der Waals surface area (Å²) >= 11 is 6.28. The van der Waals surface area contributed by atoms with E-state index < -0.39 is 0 Å². The van der Waals surface area contributed by atoms with Crippen LogP contribution < -0.4 is 9.47 Å². The van der Waals surface area contributed by atoms with E-state index in [9.17, 15) is 0 Å². The highest BCUT2D eigenvalue weighted by molar-refractivity contribution is 9.11. The number of hydrogen-bond acceptors (Lipinski definition) is 10. The lowest BCUT2D eigenvalue weighted by Gasteiger charge is -1.97. The molecule has 0 fully saturated rings. The van der Waals surface area contributed by atoms with Crippen LogP contribution >= 0.6 is 39.0 Å². The number of fused-ring (bicyclic) bond motifs is 1. The average Bonchev–Trinajstić information content (AvgIpc) is 3.45. The van der Waals surface area contributed by atoms with Gasteiger partial charge in [-0.2, -0.15) is 0 Å². The Morgan fingerprint density at radius 3 is 2.74 bits per heavy atom. The molecule has 4 heterocycles. The van der Waals surface area contributed by atoms with Gasteiger partial charge in [0.2, 0.25) is 18.6 Å². The van der Waals surface area contributed by atoms with Crippen molar-refractivity contribution < 1.29 is 18.3 Å². The summed E-state index contributed by atoms with van der Waals surface area (Å²) in [5.74, 6) is 3.19. The fourth-order valence-corrected chi connectivity index (χ4v) is 4.29. The fraction of sp³-hybridized carbons (Fsp3) is 0.125. The zero-order valence-corrected chi connectivity index (χ0v) is 16.6. The van der Waals surface area contributed by atoms with E-state index in [0.29, 0.717) is 40.1 Å². The molecule has 1 aromatic carbocycles. The standard InChI is InChI=1S/C16H9BrN4O4S2/c17-12-4-3-11(27-12)15-20-18-13(24-15)6-26-16-21-19-14(25-16)8-1-2-9-10(5-8)23-7-22-9/h1-5H,6-7H2. The molecule has 0 bridgehead atoms. The Balaban J connectivity index is 1.27. The molecule has 4 aromatic rings. The topological polar surface area (TPSA) is 96.3 Å². The molecule has 0 unspecified atom stereocenters.